The van der Waals surface area contributed by atoms with Crippen molar-refractivity contribution < 1.29 is 58.4 Å². The molecule has 0 spiro atoms. The minimum atomic E-state index is -0.213. The summed E-state index contributed by atoms with van der Waals surface area (Å²) in [6.45, 7) is 2.51. The molecule has 9 rings (SSSR count). The van der Waals surface area contributed by atoms with E-state index in [0.717, 1.165) is 34.2 Å². The Hall–Kier alpha value is 3.27. The molecule has 0 aromatic heterocycles. The zero-order valence-corrected chi connectivity index (χ0v) is 47.1. The summed E-state index contributed by atoms with van der Waals surface area (Å²) in [4.78, 5) is 0. The van der Waals surface area contributed by atoms with Gasteiger partial charge in [-0.05, 0) is 226 Å². The van der Waals surface area contributed by atoms with Crippen molar-refractivity contribution in [2.24, 2.45) is 0 Å². The van der Waals surface area contributed by atoms with E-state index in [1.165, 1.54) is 146 Å². The molecule has 9 fully saturated rings. The summed E-state index contributed by atoms with van der Waals surface area (Å²) < 4.78 is 0. The van der Waals surface area contributed by atoms with Crippen molar-refractivity contribution in [3.05, 3.63) is 5.32 Å². The van der Waals surface area contributed by atoms with Crippen LogP contribution in [0, 0.1) is 18.4 Å². The summed E-state index contributed by atoms with van der Waals surface area (Å²) >= 11 is 0.237. The molecule has 9 heteroatoms. The predicted molar refractivity (Wildman–Crippen MR) is 267 cm³/mol. The zero-order chi connectivity index (χ0) is 41.5. The first-order valence-electron chi connectivity index (χ1n) is 27.6. The third-order valence-corrected chi connectivity index (χ3v) is 31.0. The second-order valence-electron chi connectivity index (χ2n) is 21.8. The van der Waals surface area contributed by atoms with Crippen molar-refractivity contribution in [2.45, 2.75) is 314 Å². The number of hydrogen-bond donors (Lipinski definition) is 1. The van der Waals surface area contributed by atoms with Crippen molar-refractivity contribution in [1.29, 1.82) is 0 Å². The average molecular weight is 1130 g/mol. The molecule has 0 bridgehead atoms. The molecule has 1 N–H and O–H groups in total. The van der Waals surface area contributed by atoms with Crippen LogP contribution in [0.2, 0.25) is 0 Å². The molecule has 0 amide bonds. The maximum absolute atomic E-state index is 5.13. The van der Waals surface area contributed by atoms with Crippen LogP contribution >= 0.6 is 23.8 Å². The van der Waals surface area contributed by atoms with Gasteiger partial charge in [0, 0.05) is 15.8 Å². The third kappa shape index (κ3) is 19.2. The average Bonchev–Trinajstić information content (AvgIpc) is 3.33. The Morgan fingerprint density at radius 2 is 0.607 bits per heavy atom. The van der Waals surface area contributed by atoms with E-state index in [1.807, 2.05) is 0 Å². The molecular formula is C52H101Ag2Cl2N2P3+5. The van der Waals surface area contributed by atoms with Crippen LogP contribution in [0.15, 0.2) is 0 Å². The zero-order valence-electron chi connectivity index (χ0n) is 39.5. The molecule has 2 heterocycles. The van der Waals surface area contributed by atoms with Crippen LogP contribution in [0.25, 0.3) is 5.32 Å². The van der Waals surface area contributed by atoms with Gasteiger partial charge >= 0.3 is 58.4 Å². The van der Waals surface area contributed by atoms with Gasteiger partial charge in [0.25, 0.3) is 0 Å². The first-order chi connectivity index (χ1) is 29.8. The summed E-state index contributed by atoms with van der Waals surface area (Å²) in [5, 5.41) is 9.08. The summed E-state index contributed by atoms with van der Waals surface area (Å²) in [6, 6.07) is 0. The Bertz CT molecular complexity index is 786. The van der Waals surface area contributed by atoms with Crippen LogP contribution in [-0.2, 0) is 40.0 Å². The molecular weight excluding hydrogens is 1030 g/mol. The molecule has 61 heavy (non-hydrogen) atoms. The van der Waals surface area contributed by atoms with Crippen LogP contribution in [0.3, 0.4) is 0 Å². The van der Waals surface area contributed by atoms with Crippen LogP contribution in [0.1, 0.15) is 263 Å². The number of nitrogens with one attached hydrogen (secondary N) is 1. The van der Waals surface area contributed by atoms with E-state index < -0.39 is 0 Å². The topological polar surface area (TPSA) is 26.1 Å². The van der Waals surface area contributed by atoms with Gasteiger partial charge in [0.15, 0.2) is 0 Å². The predicted octanol–water partition coefficient (Wildman–Crippen LogP) is 16.4. The van der Waals surface area contributed by atoms with E-state index in [9.17, 15) is 0 Å². The van der Waals surface area contributed by atoms with Gasteiger partial charge in [0.05, 0.1) is 39.6 Å². The molecule has 2 unspecified atom stereocenters. The molecule has 2 atom stereocenters. The van der Waals surface area contributed by atoms with Gasteiger partial charge < -0.3 is 5.32 Å². The van der Waals surface area contributed by atoms with E-state index in [4.69, 9.17) is 5.32 Å². The van der Waals surface area contributed by atoms with Gasteiger partial charge in [0.1, 0.15) is 5.78 Å². The van der Waals surface area contributed by atoms with E-state index in [1.54, 1.807) is 148 Å². The van der Waals surface area contributed by atoms with Gasteiger partial charge in [-0.15, -0.1) is 6.54 Å². The normalized spacial score (nSPS) is 29.1. The SMILES string of the molecule is C1CCC([PH+](C2CCCCC2)C2CCCCC2)CC1.C1CCC([PH+](C2CCCCC2)C2CCCCN2)CC1.C1CCC([PH+](C2CCCCC2)C2CCCC[N-]2)CC1.[Ag+].[ClH+][Ag][ClH+]. The van der Waals surface area contributed by atoms with E-state index >= 15 is 0 Å². The van der Waals surface area contributed by atoms with Gasteiger partial charge in [0.2, 0.25) is 0 Å². The molecule has 2 saturated heterocycles. The number of halogens is 2. The van der Waals surface area contributed by atoms with E-state index in [-0.39, 0.29) is 63.7 Å². The molecule has 9 aliphatic rings. The standard InChI is InChI=1S/C18H33P.C17H32NP.C17H31NP.2Ag.2ClH/c1-4-10-16(11-5-1)19(17-12-6-2-7-13-17)18-14-8-3-9-15-18;2*1-3-9-15(10-4-1)19(16-11-5-2-6-12-16)17-13-7-8-14-18-17;;;;/h16-18H,1-15H2;15-18H,1-14H2;15-17H,1-14H2;;;2*1H/q;;-1;+1;+2;;/p+3. The van der Waals surface area contributed by atoms with Crippen molar-refractivity contribution >= 4 is 23.8 Å². The Morgan fingerprint density at radius 3 is 0.885 bits per heavy atom. The quantitative estimate of drug-likeness (QED) is 0.181. The molecule has 7 saturated carbocycles. The minimum absolute atomic E-state index is 0. The third-order valence-electron chi connectivity index (χ3n) is 17.9. The Balaban J connectivity index is 0.000000166. The van der Waals surface area contributed by atoms with Gasteiger partial charge in [-0.2, -0.15) is 0 Å². The first kappa shape index (κ1) is 55.2. The Labute approximate surface area is 416 Å². The molecule has 7 aliphatic carbocycles. The molecule has 0 aromatic rings. The molecule has 2 nitrogen and oxygen atoms in total. The van der Waals surface area contributed by atoms with Gasteiger partial charge in [-0.25, -0.2) is 0 Å². The maximum atomic E-state index is 5.13. The van der Waals surface area contributed by atoms with E-state index in [0.29, 0.717) is 0 Å². The Morgan fingerprint density at radius 1 is 0.328 bits per heavy atom. The van der Waals surface area contributed by atoms with Crippen LogP contribution in [0.5, 0.6) is 0 Å². The number of nitrogens with zero attached hydrogens (tertiary/aromatic N) is 1. The fourth-order valence-electron chi connectivity index (χ4n) is 15.0. The molecule has 365 valence electrons. The molecule has 0 aromatic carbocycles. The van der Waals surface area contributed by atoms with Gasteiger partial charge in [-0.1, -0.05) is 57.8 Å². The van der Waals surface area contributed by atoms with Crippen LogP contribution < -0.4 is 5.32 Å². The van der Waals surface area contributed by atoms with Crippen molar-refractivity contribution in [1.82, 2.24) is 5.32 Å². The monoisotopic (exact) mass is 1130 g/mol. The second-order valence-corrected chi connectivity index (χ2v) is 34.5. The van der Waals surface area contributed by atoms with Crippen molar-refractivity contribution in [3.63, 3.8) is 0 Å². The van der Waals surface area contributed by atoms with Crippen LogP contribution in [0.4, 0.5) is 0 Å². The fraction of sp³-hybridized carbons (Fsp3) is 1.00. The summed E-state index contributed by atoms with van der Waals surface area (Å²) in [5.74, 6) is 1.83. The van der Waals surface area contributed by atoms with Crippen molar-refractivity contribution in [2.75, 3.05) is 13.1 Å². The fourth-order valence-corrected chi connectivity index (χ4v) is 29.9. The van der Waals surface area contributed by atoms with Gasteiger partial charge in [-0.3, -0.25) is 5.32 Å². The molecule has 0 radical (unpaired) electrons. The second kappa shape index (κ2) is 33.7. The van der Waals surface area contributed by atoms with Crippen molar-refractivity contribution in [3.8, 4) is 0 Å². The summed E-state index contributed by atoms with van der Waals surface area (Å²) in [6.07, 6.45) is 63.5. The number of rotatable bonds is 9. The Kier molecular flexibility index (Phi) is 30.5. The summed E-state index contributed by atoms with van der Waals surface area (Å²) in [5.41, 5.74) is 8.28. The number of hydrogen-bond acceptors (Lipinski definition) is 1. The van der Waals surface area contributed by atoms with E-state index in [2.05, 4.69) is 23.7 Å². The number of piperidine rings is 2. The van der Waals surface area contributed by atoms with Crippen LogP contribution in [-0.4, -0.2) is 64.3 Å². The molecule has 2 aliphatic heterocycles. The first-order valence-corrected chi connectivity index (χ1v) is 36.9. The summed E-state index contributed by atoms with van der Waals surface area (Å²) in [7, 11) is 8.06.